The van der Waals surface area contributed by atoms with Gasteiger partial charge in [-0.05, 0) is 37.9 Å². The van der Waals surface area contributed by atoms with Crippen LogP contribution in [0.15, 0.2) is 42.7 Å². The molecule has 1 aromatic heterocycles. The first kappa shape index (κ1) is 15.7. The largest absolute Gasteiger partial charge is 0.339 e. The normalized spacial score (nSPS) is 15.8. The number of carbonyl (C=O) groups excluding carboxylic acids is 1. The molecule has 1 fully saturated rings. The fourth-order valence-corrected chi connectivity index (χ4v) is 3.14. The zero-order chi connectivity index (χ0) is 16.1. The number of likely N-dealkylation sites (tertiary alicyclic amines) is 1. The van der Waals surface area contributed by atoms with Gasteiger partial charge in [0.1, 0.15) is 0 Å². The summed E-state index contributed by atoms with van der Waals surface area (Å²) in [7, 11) is 1.98. The lowest BCUT2D eigenvalue weighted by atomic mass is 9.96. The molecule has 3 rings (SSSR count). The lowest BCUT2D eigenvalue weighted by molar-refractivity contribution is 0.0691. The van der Waals surface area contributed by atoms with Gasteiger partial charge in [-0.25, -0.2) is 0 Å². The predicted molar refractivity (Wildman–Crippen MR) is 90.3 cm³/mol. The van der Waals surface area contributed by atoms with Crippen molar-refractivity contribution in [1.29, 1.82) is 0 Å². The Bertz CT molecular complexity index is 629. The molecule has 0 aliphatic carbocycles. The van der Waals surface area contributed by atoms with E-state index in [9.17, 15) is 4.79 Å². The van der Waals surface area contributed by atoms with Crippen molar-refractivity contribution in [1.82, 2.24) is 20.0 Å². The van der Waals surface area contributed by atoms with Crippen LogP contribution in [0.4, 0.5) is 0 Å². The quantitative estimate of drug-likeness (QED) is 0.919. The van der Waals surface area contributed by atoms with Crippen LogP contribution in [0.2, 0.25) is 0 Å². The van der Waals surface area contributed by atoms with Gasteiger partial charge in [0.2, 0.25) is 0 Å². The van der Waals surface area contributed by atoms with Crippen molar-refractivity contribution >= 4 is 5.91 Å². The third kappa shape index (κ3) is 3.99. The molecule has 5 nitrogen and oxygen atoms in total. The Morgan fingerprint density at radius 1 is 1.26 bits per heavy atom. The molecule has 2 heterocycles. The van der Waals surface area contributed by atoms with Crippen molar-refractivity contribution in [2.75, 3.05) is 26.7 Å². The summed E-state index contributed by atoms with van der Waals surface area (Å²) >= 11 is 0. The first-order valence-electron chi connectivity index (χ1n) is 8.26. The van der Waals surface area contributed by atoms with E-state index in [1.807, 2.05) is 41.0 Å². The molecule has 0 saturated carbocycles. The average Bonchev–Trinajstić information content (AvgIpc) is 3.05. The van der Waals surface area contributed by atoms with Crippen LogP contribution in [0.1, 0.15) is 28.8 Å². The summed E-state index contributed by atoms with van der Waals surface area (Å²) in [6.07, 6.45) is 5.69. The maximum Gasteiger partial charge on any atom is 0.257 e. The number of amides is 1. The molecular formula is C18H24N4O. The monoisotopic (exact) mass is 312 g/mol. The van der Waals surface area contributed by atoms with E-state index >= 15 is 0 Å². The Hall–Kier alpha value is -2.14. The minimum atomic E-state index is 0.104. The maximum absolute atomic E-state index is 12.6. The third-order valence-electron chi connectivity index (χ3n) is 4.46. The fraction of sp³-hybridized carbons (Fsp3) is 0.444. The number of hydrogen-bond acceptors (Lipinski definition) is 3. The molecule has 0 bridgehead atoms. The summed E-state index contributed by atoms with van der Waals surface area (Å²) < 4.78 is 1.83. The van der Waals surface area contributed by atoms with E-state index in [1.54, 1.807) is 6.20 Å². The van der Waals surface area contributed by atoms with E-state index in [0.717, 1.165) is 32.5 Å². The standard InChI is InChI=1S/C18H24N4O/c1-19-11-15-7-9-21(10-8-15)18(23)17-12-20-22(14-17)13-16-5-3-2-4-6-16/h2-6,12,14-15,19H,7-11,13H2,1H3. The Labute approximate surface area is 137 Å². The zero-order valence-corrected chi connectivity index (χ0v) is 13.6. The van der Waals surface area contributed by atoms with Crippen molar-refractivity contribution in [3.63, 3.8) is 0 Å². The molecule has 1 saturated heterocycles. The second kappa shape index (κ2) is 7.42. The number of nitrogens with zero attached hydrogens (tertiary/aromatic N) is 3. The topological polar surface area (TPSA) is 50.2 Å². The van der Waals surface area contributed by atoms with E-state index in [-0.39, 0.29) is 5.91 Å². The van der Waals surface area contributed by atoms with Crippen LogP contribution in [0.3, 0.4) is 0 Å². The SMILES string of the molecule is CNCC1CCN(C(=O)c2cnn(Cc3ccccc3)c2)CC1. The summed E-state index contributed by atoms with van der Waals surface area (Å²) in [6.45, 7) is 3.42. The number of piperidine rings is 1. The van der Waals surface area contributed by atoms with Gasteiger partial charge in [0.05, 0.1) is 18.3 Å². The summed E-state index contributed by atoms with van der Waals surface area (Å²) in [5, 5.41) is 7.55. The highest BCUT2D eigenvalue weighted by atomic mass is 16.2. The Morgan fingerprint density at radius 2 is 2.00 bits per heavy atom. The summed E-state index contributed by atoms with van der Waals surface area (Å²) in [6, 6.07) is 10.2. The van der Waals surface area contributed by atoms with Gasteiger partial charge in [0.15, 0.2) is 0 Å². The van der Waals surface area contributed by atoms with Crippen molar-refractivity contribution in [2.45, 2.75) is 19.4 Å². The molecule has 23 heavy (non-hydrogen) atoms. The van der Waals surface area contributed by atoms with Gasteiger partial charge < -0.3 is 10.2 Å². The van der Waals surface area contributed by atoms with Crippen molar-refractivity contribution < 1.29 is 4.79 Å². The van der Waals surface area contributed by atoms with E-state index in [0.29, 0.717) is 18.0 Å². The van der Waals surface area contributed by atoms with Gasteiger partial charge in [0.25, 0.3) is 5.91 Å². The summed E-state index contributed by atoms with van der Waals surface area (Å²) in [5.74, 6) is 0.789. The van der Waals surface area contributed by atoms with E-state index in [4.69, 9.17) is 0 Å². The lowest BCUT2D eigenvalue weighted by Gasteiger charge is -2.31. The molecule has 0 spiro atoms. The average molecular weight is 312 g/mol. The molecule has 1 aliphatic rings. The molecule has 1 amide bonds. The van der Waals surface area contributed by atoms with Gasteiger partial charge in [-0.2, -0.15) is 5.10 Å². The first-order chi connectivity index (χ1) is 11.3. The van der Waals surface area contributed by atoms with Gasteiger partial charge in [-0.3, -0.25) is 9.48 Å². The molecule has 1 aromatic carbocycles. The summed E-state index contributed by atoms with van der Waals surface area (Å²) in [4.78, 5) is 14.5. The Morgan fingerprint density at radius 3 is 2.70 bits per heavy atom. The zero-order valence-electron chi connectivity index (χ0n) is 13.6. The van der Waals surface area contributed by atoms with Crippen LogP contribution in [0.25, 0.3) is 0 Å². The third-order valence-corrected chi connectivity index (χ3v) is 4.46. The van der Waals surface area contributed by atoms with Crippen LogP contribution in [-0.2, 0) is 6.54 Å². The van der Waals surface area contributed by atoms with Crippen LogP contribution < -0.4 is 5.32 Å². The van der Waals surface area contributed by atoms with Gasteiger partial charge in [-0.1, -0.05) is 30.3 Å². The molecule has 5 heteroatoms. The van der Waals surface area contributed by atoms with Crippen LogP contribution >= 0.6 is 0 Å². The molecule has 2 aromatic rings. The van der Waals surface area contributed by atoms with E-state index in [1.165, 1.54) is 5.56 Å². The lowest BCUT2D eigenvalue weighted by Crippen LogP contribution is -2.40. The molecule has 0 unspecified atom stereocenters. The molecule has 0 atom stereocenters. The number of benzene rings is 1. The number of nitrogens with one attached hydrogen (secondary N) is 1. The number of carbonyl (C=O) groups is 1. The van der Waals surface area contributed by atoms with Crippen LogP contribution in [0, 0.1) is 5.92 Å². The van der Waals surface area contributed by atoms with E-state index < -0.39 is 0 Å². The van der Waals surface area contributed by atoms with Gasteiger partial charge >= 0.3 is 0 Å². The van der Waals surface area contributed by atoms with Gasteiger partial charge in [-0.15, -0.1) is 0 Å². The highest BCUT2D eigenvalue weighted by molar-refractivity contribution is 5.93. The van der Waals surface area contributed by atoms with Crippen LogP contribution in [0.5, 0.6) is 0 Å². The Balaban J connectivity index is 1.58. The van der Waals surface area contributed by atoms with Crippen molar-refractivity contribution in [3.8, 4) is 0 Å². The minimum absolute atomic E-state index is 0.104. The number of hydrogen-bond donors (Lipinski definition) is 1. The molecular weight excluding hydrogens is 288 g/mol. The molecule has 1 N–H and O–H groups in total. The van der Waals surface area contributed by atoms with Crippen molar-refractivity contribution in [3.05, 3.63) is 53.9 Å². The van der Waals surface area contributed by atoms with Crippen molar-refractivity contribution in [2.24, 2.45) is 5.92 Å². The fourth-order valence-electron chi connectivity index (χ4n) is 3.14. The molecule has 122 valence electrons. The summed E-state index contributed by atoms with van der Waals surface area (Å²) in [5.41, 5.74) is 1.87. The number of rotatable bonds is 5. The Kier molecular flexibility index (Phi) is 5.08. The van der Waals surface area contributed by atoms with Crippen LogP contribution in [-0.4, -0.2) is 47.3 Å². The molecule has 1 aliphatic heterocycles. The second-order valence-electron chi connectivity index (χ2n) is 6.21. The minimum Gasteiger partial charge on any atom is -0.339 e. The predicted octanol–water partition coefficient (Wildman–Crippen LogP) is 2.00. The highest BCUT2D eigenvalue weighted by Crippen LogP contribution is 2.18. The second-order valence-corrected chi connectivity index (χ2v) is 6.21. The smallest absolute Gasteiger partial charge is 0.257 e. The highest BCUT2D eigenvalue weighted by Gasteiger charge is 2.24. The van der Waals surface area contributed by atoms with Gasteiger partial charge in [0, 0.05) is 19.3 Å². The van der Waals surface area contributed by atoms with E-state index in [2.05, 4.69) is 22.5 Å². The molecule has 0 radical (unpaired) electrons. The number of aromatic nitrogens is 2. The first-order valence-corrected chi connectivity index (χ1v) is 8.26. The maximum atomic E-state index is 12.6.